The van der Waals surface area contributed by atoms with E-state index in [1.807, 2.05) is 0 Å². The van der Waals surface area contributed by atoms with E-state index in [0.717, 1.165) is 24.6 Å². The molecule has 104 valence electrons. The number of hydrogen-bond donors (Lipinski definition) is 3. The largest absolute Gasteiger partial charge is 0.480 e. The number of nitrogens with zero attached hydrogens (tertiary/aromatic N) is 4. The molecule has 10 heteroatoms. The SMILES string of the molecule is O=C(CSc1nnnn1C1CC1)N[C@H](CO)C(=O)O. The summed E-state index contributed by atoms with van der Waals surface area (Å²) in [5.74, 6) is -1.77. The van der Waals surface area contributed by atoms with E-state index in [0.29, 0.717) is 11.2 Å². The minimum Gasteiger partial charge on any atom is -0.480 e. The summed E-state index contributed by atoms with van der Waals surface area (Å²) in [4.78, 5) is 22.2. The molecule has 1 saturated carbocycles. The Morgan fingerprint density at radius 1 is 1.53 bits per heavy atom. The highest BCUT2D eigenvalue weighted by Crippen LogP contribution is 2.36. The highest BCUT2D eigenvalue weighted by molar-refractivity contribution is 7.99. The number of hydrogen-bond acceptors (Lipinski definition) is 7. The number of carbonyl (C=O) groups is 2. The zero-order chi connectivity index (χ0) is 13.8. The number of nitrogens with one attached hydrogen (secondary N) is 1. The lowest BCUT2D eigenvalue weighted by Gasteiger charge is -2.10. The maximum Gasteiger partial charge on any atom is 0.328 e. The van der Waals surface area contributed by atoms with Crippen molar-refractivity contribution in [1.82, 2.24) is 25.5 Å². The van der Waals surface area contributed by atoms with Crippen LogP contribution >= 0.6 is 11.8 Å². The van der Waals surface area contributed by atoms with Gasteiger partial charge >= 0.3 is 5.97 Å². The highest BCUT2D eigenvalue weighted by atomic mass is 32.2. The lowest BCUT2D eigenvalue weighted by Crippen LogP contribution is -2.44. The lowest BCUT2D eigenvalue weighted by atomic mass is 10.3. The second kappa shape index (κ2) is 5.97. The number of tetrazole rings is 1. The first kappa shape index (κ1) is 13.7. The van der Waals surface area contributed by atoms with E-state index >= 15 is 0 Å². The van der Waals surface area contributed by atoms with Gasteiger partial charge in [0, 0.05) is 0 Å². The Morgan fingerprint density at radius 3 is 2.84 bits per heavy atom. The predicted molar refractivity (Wildman–Crippen MR) is 63.5 cm³/mol. The number of aliphatic hydroxyl groups is 1. The fourth-order valence-electron chi connectivity index (χ4n) is 1.38. The van der Waals surface area contributed by atoms with E-state index in [-0.39, 0.29) is 5.75 Å². The summed E-state index contributed by atoms with van der Waals surface area (Å²) >= 11 is 1.13. The summed E-state index contributed by atoms with van der Waals surface area (Å²) in [6.07, 6.45) is 2.05. The van der Waals surface area contributed by atoms with Crippen molar-refractivity contribution in [3.05, 3.63) is 0 Å². The second-order valence-corrected chi connectivity index (χ2v) is 5.01. The van der Waals surface area contributed by atoms with Crippen molar-refractivity contribution in [2.75, 3.05) is 12.4 Å². The van der Waals surface area contributed by atoms with Crippen LogP contribution < -0.4 is 5.32 Å². The second-order valence-electron chi connectivity index (χ2n) is 4.07. The predicted octanol–water partition coefficient (Wildman–Crippen LogP) is -1.34. The third kappa shape index (κ3) is 3.64. The fraction of sp³-hybridized carbons (Fsp3) is 0.667. The van der Waals surface area contributed by atoms with Gasteiger partial charge in [-0.15, -0.1) is 5.10 Å². The van der Waals surface area contributed by atoms with Gasteiger partial charge in [-0.3, -0.25) is 4.79 Å². The van der Waals surface area contributed by atoms with Crippen molar-refractivity contribution < 1.29 is 19.8 Å². The molecule has 9 nitrogen and oxygen atoms in total. The first-order valence-electron chi connectivity index (χ1n) is 5.65. The molecule has 0 aromatic carbocycles. The molecule has 1 amide bonds. The smallest absolute Gasteiger partial charge is 0.328 e. The van der Waals surface area contributed by atoms with E-state index < -0.39 is 24.5 Å². The molecule has 0 radical (unpaired) electrons. The van der Waals surface area contributed by atoms with E-state index in [4.69, 9.17) is 10.2 Å². The number of carbonyl (C=O) groups excluding carboxylic acids is 1. The van der Waals surface area contributed by atoms with Crippen molar-refractivity contribution in [2.45, 2.75) is 30.1 Å². The van der Waals surface area contributed by atoms with E-state index in [2.05, 4.69) is 20.8 Å². The molecule has 19 heavy (non-hydrogen) atoms. The summed E-state index contributed by atoms with van der Waals surface area (Å²) in [7, 11) is 0. The molecule has 2 rings (SSSR count). The zero-order valence-corrected chi connectivity index (χ0v) is 10.7. The van der Waals surface area contributed by atoms with Crippen LogP contribution in [-0.2, 0) is 9.59 Å². The van der Waals surface area contributed by atoms with Crippen LogP contribution in [0.1, 0.15) is 18.9 Å². The van der Waals surface area contributed by atoms with Crippen LogP contribution in [0.4, 0.5) is 0 Å². The van der Waals surface area contributed by atoms with Gasteiger partial charge in [-0.2, -0.15) is 0 Å². The summed E-state index contributed by atoms with van der Waals surface area (Å²) in [6.45, 7) is -0.647. The molecule has 1 aromatic heterocycles. The number of carboxylic acids is 1. The molecular formula is C9H13N5O4S. The molecule has 0 bridgehead atoms. The maximum atomic E-state index is 11.5. The van der Waals surface area contributed by atoms with Crippen molar-refractivity contribution in [3.63, 3.8) is 0 Å². The molecule has 1 aromatic rings. The maximum absolute atomic E-state index is 11.5. The van der Waals surface area contributed by atoms with Crippen molar-refractivity contribution in [2.24, 2.45) is 0 Å². The average Bonchev–Trinajstić information content (AvgIpc) is 3.12. The number of amides is 1. The van der Waals surface area contributed by atoms with Gasteiger partial charge < -0.3 is 15.5 Å². The van der Waals surface area contributed by atoms with Crippen LogP contribution in [-0.4, -0.2) is 60.7 Å². The third-order valence-corrected chi connectivity index (χ3v) is 3.44. The van der Waals surface area contributed by atoms with E-state index in [1.165, 1.54) is 0 Å². The molecule has 1 atom stereocenters. The van der Waals surface area contributed by atoms with Gasteiger partial charge in [0.25, 0.3) is 0 Å². The number of aliphatic hydroxyl groups excluding tert-OH is 1. The lowest BCUT2D eigenvalue weighted by molar-refractivity contribution is -0.142. The summed E-state index contributed by atoms with van der Waals surface area (Å²) in [5, 5.41) is 31.4. The normalized spacial score (nSPS) is 16.1. The van der Waals surface area contributed by atoms with Crippen LogP contribution in [0.5, 0.6) is 0 Å². The standard InChI is InChI=1S/C9H13N5O4S/c15-3-6(8(17)18)10-7(16)4-19-9-11-12-13-14(9)5-1-2-5/h5-6,15H,1-4H2,(H,10,16)(H,17,18)/t6-/m1/s1. The van der Waals surface area contributed by atoms with Crippen LogP contribution in [0.3, 0.4) is 0 Å². The first-order chi connectivity index (χ1) is 9.11. The fourth-order valence-corrected chi connectivity index (χ4v) is 2.14. The number of carboxylic acid groups (broad SMARTS) is 1. The Hall–Kier alpha value is -1.68. The summed E-state index contributed by atoms with van der Waals surface area (Å²) in [6, 6.07) is -0.975. The molecule has 1 heterocycles. The molecule has 3 N–H and O–H groups in total. The van der Waals surface area contributed by atoms with E-state index in [9.17, 15) is 9.59 Å². The zero-order valence-electron chi connectivity index (χ0n) is 9.89. The molecule has 0 aliphatic heterocycles. The minimum absolute atomic E-state index is 0.00310. The Kier molecular flexibility index (Phi) is 4.32. The number of thioether (sulfide) groups is 1. The third-order valence-electron chi connectivity index (χ3n) is 2.50. The van der Waals surface area contributed by atoms with Crippen LogP contribution in [0.25, 0.3) is 0 Å². The van der Waals surface area contributed by atoms with Gasteiger partial charge in [0.05, 0.1) is 18.4 Å². The van der Waals surface area contributed by atoms with Gasteiger partial charge in [-0.05, 0) is 23.3 Å². The number of aliphatic carboxylic acids is 1. The van der Waals surface area contributed by atoms with Crippen LogP contribution in [0, 0.1) is 0 Å². The Balaban J connectivity index is 1.82. The summed E-state index contributed by atoms with van der Waals surface area (Å²) in [5.41, 5.74) is 0. The molecule has 0 unspecified atom stereocenters. The average molecular weight is 287 g/mol. The Morgan fingerprint density at radius 2 is 2.26 bits per heavy atom. The van der Waals surface area contributed by atoms with Crippen molar-refractivity contribution >= 4 is 23.6 Å². The Labute approximate surface area is 112 Å². The topological polar surface area (TPSA) is 130 Å². The molecule has 1 aliphatic rings. The van der Waals surface area contributed by atoms with Crippen LogP contribution in [0.2, 0.25) is 0 Å². The van der Waals surface area contributed by atoms with Gasteiger partial charge in [-0.25, -0.2) is 9.48 Å². The summed E-state index contributed by atoms with van der Waals surface area (Å²) < 4.78 is 1.67. The Bertz CT molecular complexity index is 475. The molecular weight excluding hydrogens is 274 g/mol. The molecule has 0 saturated heterocycles. The van der Waals surface area contributed by atoms with Crippen molar-refractivity contribution in [3.8, 4) is 0 Å². The molecule has 1 aliphatic carbocycles. The van der Waals surface area contributed by atoms with Crippen molar-refractivity contribution in [1.29, 1.82) is 0 Å². The number of rotatable bonds is 7. The van der Waals surface area contributed by atoms with E-state index in [1.54, 1.807) is 4.68 Å². The van der Waals surface area contributed by atoms with Gasteiger partial charge in [0.1, 0.15) is 6.04 Å². The highest BCUT2D eigenvalue weighted by Gasteiger charge is 2.28. The van der Waals surface area contributed by atoms with Gasteiger partial charge in [0.15, 0.2) is 0 Å². The van der Waals surface area contributed by atoms with Gasteiger partial charge in [0.2, 0.25) is 11.1 Å². The first-order valence-corrected chi connectivity index (χ1v) is 6.64. The molecule has 0 spiro atoms. The monoisotopic (exact) mass is 287 g/mol. The molecule has 1 fully saturated rings. The minimum atomic E-state index is -1.28. The van der Waals surface area contributed by atoms with Crippen LogP contribution in [0.15, 0.2) is 5.16 Å². The number of aromatic nitrogens is 4. The quantitative estimate of drug-likeness (QED) is 0.525. The van der Waals surface area contributed by atoms with Gasteiger partial charge in [-0.1, -0.05) is 11.8 Å².